The molecule has 0 rings (SSSR count). The summed E-state index contributed by atoms with van der Waals surface area (Å²) in [6.45, 7) is 8.11. The molecule has 0 amide bonds. The van der Waals surface area contributed by atoms with Gasteiger partial charge in [0.25, 0.3) is 0 Å². The van der Waals surface area contributed by atoms with Crippen molar-refractivity contribution < 1.29 is 14.3 Å². The van der Waals surface area contributed by atoms with Crippen molar-refractivity contribution >= 4 is 41.5 Å². The predicted molar refractivity (Wildman–Crippen MR) is 52.5 cm³/mol. The molecular formula is C9H13NaO3. The van der Waals surface area contributed by atoms with E-state index in [-0.39, 0.29) is 35.1 Å². The molecule has 0 aromatic carbocycles. The number of ether oxygens (including phenoxy) is 1. The van der Waals surface area contributed by atoms with Crippen LogP contribution in [0.3, 0.4) is 0 Å². The van der Waals surface area contributed by atoms with E-state index in [1.807, 2.05) is 0 Å². The molecule has 0 aromatic rings. The summed E-state index contributed by atoms with van der Waals surface area (Å²) in [5.41, 5.74) is 0.622. The molecule has 13 heavy (non-hydrogen) atoms. The average molecular weight is 192 g/mol. The van der Waals surface area contributed by atoms with Crippen molar-refractivity contribution in [2.75, 3.05) is 0 Å². The van der Waals surface area contributed by atoms with Gasteiger partial charge in [-0.1, -0.05) is 12.7 Å². The molecule has 4 heteroatoms. The second-order valence-electron chi connectivity index (χ2n) is 2.43. The topological polar surface area (TPSA) is 43.4 Å². The summed E-state index contributed by atoms with van der Waals surface area (Å²) in [6.07, 6.45) is 1.58. The number of rotatable bonds is 2. The number of esters is 2. The summed E-state index contributed by atoms with van der Waals surface area (Å²) in [5, 5.41) is 0. The van der Waals surface area contributed by atoms with Crippen LogP contribution in [0.5, 0.6) is 0 Å². The number of carbonyl (C=O) groups excluding carboxylic acids is 2. The number of hydrogen-bond acceptors (Lipinski definition) is 3. The van der Waals surface area contributed by atoms with Crippen LogP contribution in [-0.4, -0.2) is 41.5 Å². The summed E-state index contributed by atoms with van der Waals surface area (Å²) in [5.74, 6) is -1.30. The quantitative estimate of drug-likeness (QED) is 0.283. The van der Waals surface area contributed by atoms with E-state index in [1.54, 1.807) is 19.9 Å². The monoisotopic (exact) mass is 192 g/mol. The van der Waals surface area contributed by atoms with Crippen LogP contribution in [0.4, 0.5) is 0 Å². The molecule has 0 aliphatic heterocycles. The Morgan fingerprint density at radius 2 is 1.69 bits per heavy atom. The Balaban J connectivity index is 0. The first kappa shape index (κ1) is 15.1. The molecule has 0 bridgehead atoms. The van der Waals surface area contributed by atoms with E-state index in [0.717, 1.165) is 0 Å². The van der Waals surface area contributed by atoms with Crippen LogP contribution < -0.4 is 0 Å². The van der Waals surface area contributed by atoms with Gasteiger partial charge in [-0.15, -0.1) is 0 Å². The summed E-state index contributed by atoms with van der Waals surface area (Å²) in [7, 11) is 0. The van der Waals surface area contributed by atoms with Gasteiger partial charge in [-0.05, 0) is 20.8 Å². The third-order valence-corrected chi connectivity index (χ3v) is 1.29. The third-order valence-electron chi connectivity index (χ3n) is 1.29. The molecule has 0 aromatic heterocycles. The molecule has 3 nitrogen and oxygen atoms in total. The molecule has 68 valence electrons. The molecule has 0 aliphatic carbocycles. The van der Waals surface area contributed by atoms with Crippen LogP contribution in [-0.2, 0) is 14.3 Å². The van der Waals surface area contributed by atoms with Crippen LogP contribution in [0.1, 0.15) is 20.8 Å². The Hall–Kier alpha value is -0.380. The van der Waals surface area contributed by atoms with Crippen molar-refractivity contribution in [3.05, 3.63) is 23.8 Å². The fourth-order valence-corrected chi connectivity index (χ4v) is 0.370. The van der Waals surface area contributed by atoms with Gasteiger partial charge >= 0.3 is 41.5 Å². The number of carbonyl (C=O) groups is 2. The molecule has 0 aliphatic rings. The summed E-state index contributed by atoms with van der Waals surface area (Å²) >= 11 is 0. The Morgan fingerprint density at radius 1 is 1.23 bits per heavy atom. The second kappa shape index (κ2) is 7.06. The zero-order chi connectivity index (χ0) is 9.72. The molecule has 0 radical (unpaired) electrons. The third kappa shape index (κ3) is 5.80. The molecule has 0 unspecified atom stereocenters. The predicted octanol–water partition coefficient (Wildman–Crippen LogP) is 0.950. The Kier molecular flexibility index (Phi) is 8.21. The fraction of sp³-hybridized carbons (Fsp3) is 0.333. The van der Waals surface area contributed by atoms with E-state index in [9.17, 15) is 9.59 Å². The minimum absolute atomic E-state index is 0. The van der Waals surface area contributed by atoms with Crippen LogP contribution in [0.25, 0.3) is 0 Å². The van der Waals surface area contributed by atoms with Gasteiger partial charge in [-0.2, -0.15) is 0 Å². The molecule has 0 heterocycles. The van der Waals surface area contributed by atoms with Gasteiger partial charge in [0.15, 0.2) is 0 Å². The van der Waals surface area contributed by atoms with E-state index in [2.05, 4.69) is 11.3 Å². The molecular weight excluding hydrogens is 179 g/mol. The van der Waals surface area contributed by atoms with Gasteiger partial charge in [0.05, 0.1) is 0 Å². The van der Waals surface area contributed by atoms with E-state index in [0.29, 0.717) is 5.57 Å². The van der Waals surface area contributed by atoms with Crippen molar-refractivity contribution in [2.45, 2.75) is 20.8 Å². The summed E-state index contributed by atoms with van der Waals surface area (Å²) in [4.78, 5) is 21.7. The normalized spacial score (nSPS) is 9.92. The van der Waals surface area contributed by atoms with Crippen molar-refractivity contribution in [1.29, 1.82) is 0 Å². The standard InChI is InChI=1S/C9H12O3.Na.H/c1-5-7(4)9(11)12-8(10)6(2)3;;/h5H,2H2,1,3-4H3;;. The molecule has 0 saturated heterocycles. The van der Waals surface area contributed by atoms with Gasteiger partial charge in [0, 0.05) is 11.1 Å². The second-order valence-corrected chi connectivity index (χ2v) is 2.43. The molecule has 0 N–H and O–H groups in total. The Labute approximate surface area is 100 Å². The van der Waals surface area contributed by atoms with Crippen LogP contribution in [0.15, 0.2) is 23.8 Å². The van der Waals surface area contributed by atoms with E-state index in [4.69, 9.17) is 0 Å². The summed E-state index contributed by atoms with van der Waals surface area (Å²) in [6, 6.07) is 0. The fourth-order valence-electron chi connectivity index (χ4n) is 0.370. The van der Waals surface area contributed by atoms with Gasteiger partial charge in [-0.3, -0.25) is 0 Å². The Bertz CT molecular complexity index is 254. The van der Waals surface area contributed by atoms with Gasteiger partial charge in [-0.25, -0.2) is 9.59 Å². The summed E-state index contributed by atoms with van der Waals surface area (Å²) < 4.78 is 4.42. The number of hydrogen-bond donors (Lipinski definition) is 0. The van der Waals surface area contributed by atoms with Crippen LogP contribution in [0, 0.1) is 0 Å². The van der Waals surface area contributed by atoms with Crippen LogP contribution >= 0.6 is 0 Å². The molecule has 0 fully saturated rings. The van der Waals surface area contributed by atoms with Crippen molar-refractivity contribution in [3.8, 4) is 0 Å². The molecule has 0 spiro atoms. The van der Waals surface area contributed by atoms with Gasteiger partial charge in [0.2, 0.25) is 0 Å². The SMILES string of the molecule is C=C(C)C(=O)OC(=O)C(C)=CC.[NaH]. The van der Waals surface area contributed by atoms with Crippen molar-refractivity contribution in [3.63, 3.8) is 0 Å². The van der Waals surface area contributed by atoms with Crippen LogP contribution in [0.2, 0.25) is 0 Å². The van der Waals surface area contributed by atoms with E-state index >= 15 is 0 Å². The molecule has 0 atom stereocenters. The zero-order valence-corrected chi connectivity index (χ0v) is 7.51. The number of allylic oxidation sites excluding steroid dienone is 1. The molecule has 0 saturated carbocycles. The maximum absolute atomic E-state index is 10.9. The zero-order valence-electron chi connectivity index (χ0n) is 7.51. The average Bonchev–Trinajstić information content (AvgIpc) is 2.02. The first-order chi connectivity index (χ1) is 5.49. The first-order valence-electron chi connectivity index (χ1n) is 3.54. The van der Waals surface area contributed by atoms with Crippen molar-refractivity contribution in [2.24, 2.45) is 0 Å². The van der Waals surface area contributed by atoms with Gasteiger partial charge < -0.3 is 4.74 Å². The minimum atomic E-state index is -0.679. The maximum atomic E-state index is 10.9. The first-order valence-corrected chi connectivity index (χ1v) is 3.54. The van der Waals surface area contributed by atoms with E-state index < -0.39 is 11.9 Å². The Morgan fingerprint density at radius 3 is 2.00 bits per heavy atom. The van der Waals surface area contributed by atoms with Crippen molar-refractivity contribution in [1.82, 2.24) is 0 Å². The van der Waals surface area contributed by atoms with Gasteiger partial charge in [0.1, 0.15) is 0 Å². The van der Waals surface area contributed by atoms with E-state index in [1.165, 1.54) is 6.92 Å².